The summed E-state index contributed by atoms with van der Waals surface area (Å²) in [6, 6.07) is 18.4. The van der Waals surface area contributed by atoms with Gasteiger partial charge in [0.1, 0.15) is 5.75 Å². The van der Waals surface area contributed by atoms with Crippen LogP contribution < -0.4 is 9.47 Å². The molecular formula is C32H28O8. The molecule has 0 saturated carbocycles. The van der Waals surface area contributed by atoms with Crippen LogP contribution in [0, 0.1) is 0 Å². The molecule has 204 valence electrons. The minimum absolute atomic E-state index is 0.0326. The highest BCUT2D eigenvalue weighted by Gasteiger charge is 2.29. The molecule has 8 heteroatoms. The van der Waals surface area contributed by atoms with Crippen LogP contribution in [0.3, 0.4) is 0 Å². The summed E-state index contributed by atoms with van der Waals surface area (Å²) in [5.74, 6) is -2.60. The molecule has 40 heavy (non-hydrogen) atoms. The Morgan fingerprint density at radius 3 is 2.10 bits per heavy atom. The summed E-state index contributed by atoms with van der Waals surface area (Å²) in [5, 5.41) is 9.69. The molecule has 0 aliphatic carbocycles. The zero-order valence-corrected chi connectivity index (χ0v) is 22.0. The van der Waals surface area contributed by atoms with E-state index in [2.05, 4.69) is 0 Å². The number of hydrogen-bond donors (Lipinski definition) is 1. The van der Waals surface area contributed by atoms with Gasteiger partial charge in [0.15, 0.2) is 35.1 Å². The van der Waals surface area contributed by atoms with E-state index in [1.165, 1.54) is 44.6 Å². The fourth-order valence-electron chi connectivity index (χ4n) is 4.13. The number of aldehydes is 1. The molecule has 0 spiro atoms. The minimum Gasteiger partial charge on any atom is -0.504 e. The van der Waals surface area contributed by atoms with Crippen LogP contribution in [0.25, 0.3) is 12.2 Å². The number of carbonyl (C=O) groups excluding carboxylic acids is 5. The lowest BCUT2D eigenvalue weighted by atomic mass is 9.82. The Labute approximate surface area is 231 Å². The molecule has 1 unspecified atom stereocenters. The van der Waals surface area contributed by atoms with Crippen molar-refractivity contribution in [2.24, 2.45) is 0 Å². The van der Waals surface area contributed by atoms with E-state index in [-0.39, 0.29) is 17.8 Å². The number of ether oxygens (including phenoxy) is 2. The summed E-state index contributed by atoms with van der Waals surface area (Å²) in [5.41, 5.74) is 2.10. The van der Waals surface area contributed by atoms with Gasteiger partial charge in [-0.2, -0.15) is 0 Å². The molecule has 3 aromatic carbocycles. The van der Waals surface area contributed by atoms with Crippen LogP contribution in [0.1, 0.15) is 41.0 Å². The molecule has 3 rings (SSSR count). The number of phenols is 1. The van der Waals surface area contributed by atoms with Gasteiger partial charge in [0.05, 0.1) is 33.0 Å². The van der Waals surface area contributed by atoms with E-state index < -0.39 is 41.9 Å². The number of Topliss-reactive ketones (excluding diaryl/α,β-unsaturated/α-hetero) is 2. The number of benzene rings is 3. The summed E-state index contributed by atoms with van der Waals surface area (Å²) in [7, 11) is 2.85. The molecule has 0 heterocycles. The Bertz CT molecular complexity index is 1470. The first-order valence-electron chi connectivity index (χ1n) is 12.3. The second-order valence-corrected chi connectivity index (χ2v) is 8.74. The lowest BCUT2D eigenvalue weighted by Gasteiger charge is -2.21. The molecular weight excluding hydrogens is 512 g/mol. The average Bonchev–Trinajstić information content (AvgIpc) is 2.96. The Kier molecular flexibility index (Phi) is 10.4. The van der Waals surface area contributed by atoms with Crippen molar-refractivity contribution in [1.29, 1.82) is 0 Å². The largest absolute Gasteiger partial charge is 0.504 e. The van der Waals surface area contributed by atoms with E-state index >= 15 is 0 Å². The van der Waals surface area contributed by atoms with Gasteiger partial charge in [0, 0.05) is 5.56 Å². The number of ketones is 4. The third kappa shape index (κ3) is 7.70. The third-order valence-corrected chi connectivity index (χ3v) is 6.01. The van der Waals surface area contributed by atoms with E-state index in [4.69, 9.17) is 9.47 Å². The SMILES string of the molecule is COc1cc(C=CC(=O)CC(=O)C=Cc2cccc(OC)c2C(C(=O)CC(=O)C=O)c2ccccc2)ccc1O. The van der Waals surface area contributed by atoms with Gasteiger partial charge in [-0.3, -0.25) is 24.0 Å². The van der Waals surface area contributed by atoms with Gasteiger partial charge in [-0.15, -0.1) is 0 Å². The lowest BCUT2D eigenvalue weighted by Crippen LogP contribution is -2.20. The zero-order valence-electron chi connectivity index (χ0n) is 22.0. The molecule has 1 atom stereocenters. The van der Waals surface area contributed by atoms with E-state index in [0.29, 0.717) is 28.0 Å². The van der Waals surface area contributed by atoms with Gasteiger partial charge in [-0.1, -0.05) is 60.7 Å². The lowest BCUT2D eigenvalue weighted by molar-refractivity contribution is -0.133. The summed E-state index contributed by atoms with van der Waals surface area (Å²) >= 11 is 0. The molecule has 0 aliphatic rings. The van der Waals surface area contributed by atoms with Crippen molar-refractivity contribution < 1.29 is 38.6 Å². The van der Waals surface area contributed by atoms with Crippen molar-refractivity contribution in [2.45, 2.75) is 18.8 Å². The Morgan fingerprint density at radius 1 is 0.775 bits per heavy atom. The van der Waals surface area contributed by atoms with Crippen LogP contribution in [0.15, 0.2) is 78.9 Å². The molecule has 0 radical (unpaired) electrons. The van der Waals surface area contributed by atoms with Crippen LogP contribution in [-0.2, 0) is 24.0 Å². The quantitative estimate of drug-likeness (QED) is 0.137. The van der Waals surface area contributed by atoms with E-state index in [9.17, 15) is 29.1 Å². The van der Waals surface area contributed by atoms with Gasteiger partial charge < -0.3 is 14.6 Å². The third-order valence-electron chi connectivity index (χ3n) is 6.01. The Morgan fingerprint density at radius 2 is 1.45 bits per heavy atom. The number of phenolic OH excluding ortho intramolecular Hbond substituents is 1. The van der Waals surface area contributed by atoms with Crippen molar-refractivity contribution in [3.05, 3.63) is 101 Å². The molecule has 1 N–H and O–H groups in total. The molecule has 0 fully saturated rings. The highest BCUT2D eigenvalue weighted by molar-refractivity contribution is 6.30. The van der Waals surface area contributed by atoms with Crippen molar-refractivity contribution in [3.63, 3.8) is 0 Å². The van der Waals surface area contributed by atoms with Crippen LogP contribution in [0.2, 0.25) is 0 Å². The van der Waals surface area contributed by atoms with Crippen molar-refractivity contribution >= 4 is 41.6 Å². The predicted molar refractivity (Wildman–Crippen MR) is 149 cm³/mol. The maximum absolute atomic E-state index is 13.3. The van der Waals surface area contributed by atoms with Gasteiger partial charge in [0.25, 0.3) is 0 Å². The number of carbonyl (C=O) groups is 5. The molecule has 0 bridgehead atoms. The molecule has 0 amide bonds. The summed E-state index contributed by atoms with van der Waals surface area (Å²) in [6.07, 6.45) is 4.66. The van der Waals surface area contributed by atoms with E-state index in [1.54, 1.807) is 60.7 Å². The van der Waals surface area contributed by atoms with Gasteiger partial charge in [-0.25, -0.2) is 0 Å². The highest BCUT2D eigenvalue weighted by Crippen LogP contribution is 2.37. The van der Waals surface area contributed by atoms with Crippen molar-refractivity contribution in [2.75, 3.05) is 14.2 Å². The average molecular weight is 541 g/mol. The van der Waals surface area contributed by atoms with Crippen molar-refractivity contribution in [1.82, 2.24) is 0 Å². The topological polar surface area (TPSA) is 124 Å². The molecule has 0 saturated heterocycles. The molecule has 8 nitrogen and oxygen atoms in total. The van der Waals surface area contributed by atoms with Crippen LogP contribution in [-0.4, -0.2) is 48.7 Å². The number of hydrogen-bond acceptors (Lipinski definition) is 8. The molecule has 0 aromatic heterocycles. The normalized spacial score (nSPS) is 11.8. The maximum atomic E-state index is 13.3. The fourth-order valence-corrected chi connectivity index (χ4v) is 4.13. The van der Waals surface area contributed by atoms with Gasteiger partial charge >= 0.3 is 0 Å². The number of allylic oxidation sites excluding steroid dienone is 2. The van der Waals surface area contributed by atoms with Crippen molar-refractivity contribution in [3.8, 4) is 17.2 Å². The Hall–Kier alpha value is -5.11. The summed E-state index contributed by atoms with van der Waals surface area (Å²) in [6.45, 7) is 0. The first kappa shape index (κ1) is 29.4. The zero-order chi connectivity index (χ0) is 29.1. The number of aromatic hydroxyl groups is 1. The van der Waals surface area contributed by atoms with Crippen LogP contribution in [0.5, 0.6) is 17.2 Å². The monoisotopic (exact) mass is 540 g/mol. The number of methoxy groups -OCH3 is 2. The van der Waals surface area contributed by atoms with E-state index in [0.717, 1.165) is 0 Å². The van der Waals surface area contributed by atoms with Gasteiger partial charge in [-0.05, 0) is 47.0 Å². The highest BCUT2D eigenvalue weighted by atomic mass is 16.5. The first-order chi connectivity index (χ1) is 19.3. The van der Waals surface area contributed by atoms with Gasteiger partial charge in [0.2, 0.25) is 5.78 Å². The summed E-state index contributed by atoms with van der Waals surface area (Å²) < 4.78 is 10.6. The summed E-state index contributed by atoms with van der Waals surface area (Å²) in [4.78, 5) is 61.0. The molecule has 0 aliphatic heterocycles. The second kappa shape index (κ2) is 14.2. The van der Waals surface area contributed by atoms with Crippen LogP contribution >= 0.6 is 0 Å². The van der Waals surface area contributed by atoms with Crippen LogP contribution in [0.4, 0.5) is 0 Å². The number of rotatable bonds is 14. The first-order valence-corrected chi connectivity index (χ1v) is 12.3. The fraction of sp³-hybridized carbons (Fsp3) is 0.156. The minimum atomic E-state index is -0.942. The smallest absolute Gasteiger partial charge is 0.202 e. The molecule has 3 aromatic rings. The Balaban J connectivity index is 1.87. The predicted octanol–water partition coefficient (Wildman–Crippen LogP) is 4.52. The standard InChI is InChI=1S/C32H28O8/c1-39-29-10-6-9-23(32(29)31(22-7-4-3-5-8-22)28(38)19-26(36)20-33)13-15-25(35)18-24(34)14-11-21-12-16-27(37)30(17-21)40-2/h3-17,20,31,37H,18-19H2,1-2H3. The maximum Gasteiger partial charge on any atom is 0.202 e. The second-order valence-electron chi connectivity index (χ2n) is 8.74. The van der Waals surface area contributed by atoms with E-state index in [1.807, 2.05) is 0 Å².